The molecule has 0 saturated carbocycles. The number of benzene rings is 2. The van der Waals surface area contributed by atoms with E-state index >= 15 is 0 Å². The molecule has 0 radical (unpaired) electrons. The predicted octanol–water partition coefficient (Wildman–Crippen LogP) is 3.66. The highest BCUT2D eigenvalue weighted by Gasteiger charge is 2.23. The molecule has 6 nitrogen and oxygen atoms in total. The van der Waals surface area contributed by atoms with Crippen LogP contribution in [0.25, 0.3) is 0 Å². The number of rotatable bonds is 7. The highest BCUT2D eigenvalue weighted by Crippen LogP contribution is 2.29. The van der Waals surface area contributed by atoms with Gasteiger partial charge in [-0.15, -0.1) is 0 Å². The van der Waals surface area contributed by atoms with Crippen molar-refractivity contribution in [1.82, 2.24) is 10.2 Å². The third-order valence-corrected chi connectivity index (χ3v) is 5.22. The Hall–Kier alpha value is -2.73. The fourth-order valence-corrected chi connectivity index (χ4v) is 3.58. The number of likely N-dealkylation sites (tertiary alicyclic amines) is 1. The van der Waals surface area contributed by atoms with Gasteiger partial charge in [0.2, 0.25) is 0 Å². The van der Waals surface area contributed by atoms with Crippen molar-refractivity contribution >= 4 is 11.7 Å². The first-order valence-corrected chi connectivity index (χ1v) is 9.62. The van der Waals surface area contributed by atoms with Crippen molar-refractivity contribution in [3.63, 3.8) is 0 Å². The number of carbonyl (C=O) groups excluding carboxylic acids is 1. The van der Waals surface area contributed by atoms with E-state index in [0.717, 1.165) is 26.1 Å². The predicted molar refractivity (Wildman–Crippen MR) is 111 cm³/mol. The van der Waals surface area contributed by atoms with E-state index < -0.39 is 0 Å². The number of ether oxygens (including phenoxy) is 2. The Bertz CT molecular complexity index is 809. The number of amides is 2. The number of nitrogens with zero attached hydrogens (tertiary/aromatic N) is 1. The molecule has 1 fully saturated rings. The van der Waals surface area contributed by atoms with E-state index in [4.69, 9.17) is 9.47 Å². The van der Waals surface area contributed by atoms with Crippen molar-refractivity contribution in [3.05, 3.63) is 53.6 Å². The van der Waals surface area contributed by atoms with E-state index in [9.17, 15) is 4.79 Å². The molecule has 2 aromatic rings. The summed E-state index contributed by atoms with van der Waals surface area (Å²) < 4.78 is 10.5. The second kappa shape index (κ2) is 9.46. The molecule has 0 bridgehead atoms. The van der Waals surface area contributed by atoms with Crippen LogP contribution in [0.1, 0.15) is 17.5 Å². The van der Waals surface area contributed by atoms with Gasteiger partial charge < -0.3 is 20.1 Å². The monoisotopic (exact) mass is 383 g/mol. The molecular formula is C22H29N3O3. The maximum atomic E-state index is 12.2. The summed E-state index contributed by atoms with van der Waals surface area (Å²) in [5, 5.41) is 5.84. The van der Waals surface area contributed by atoms with Gasteiger partial charge in [-0.3, -0.25) is 4.90 Å². The van der Waals surface area contributed by atoms with Crippen molar-refractivity contribution in [2.45, 2.75) is 19.9 Å². The minimum Gasteiger partial charge on any atom is -0.493 e. The Balaban J connectivity index is 1.45. The third-order valence-electron chi connectivity index (χ3n) is 5.22. The minimum atomic E-state index is -0.204. The van der Waals surface area contributed by atoms with Gasteiger partial charge in [-0.05, 0) is 49.1 Å². The Labute approximate surface area is 166 Å². The molecule has 0 unspecified atom stereocenters. The van der Waals surface area contributed by atoms with Gasteiger partial charge in [0, 0.05) is 31.4 Å². The van der Waals surface area contributed by atoms with Crippen molar-refractivity contribution in [3.8, 4) is 11.5 Å². The van der Waals surface area contributed by atoms with Crippen LogP contribution in [-0.4, -0.2) is 44.8 Å². The molecule has 3 rings (SSSR count). The molecule has 2 N–H and O–H groups in total. The molecule has 6 heteroatoms. The first-order chi connectivity index (χ1) is 13.6. The van der Waals surface area contributed by atoms with Crippen LogP contribution in [0.4, 0.5) is 10.5 Å². The molecule has 2 amide bonds. The summed E-state index contributed by atoms with van der Waals surface area (Å²) in [6.07, 6.45) is 1.10. The number of hydrogen-bond acceptors (Lipinski definition) is 4. The van der Waals surface area contributed by atoms with Gasteiger partial charge in [-0.25, -0.2) is 4.79 Å². The summed E-state index contributed by atoms with van der Waals surface area (Å²) in [4.78, 5) is 14.7. The van der Waals surface area contributed by atoms with E-state index in [0.29, 0.717) is 29.6 Å². The fraction of sp³-hybridized carbons (Fsp3) is 0.409. The number of carbonyl (C=O) groups is 1. The SMILES string of the molecule is COc1ccc(NC(=O)NC[C@H]2CCN(Cc3ccccc3C)C2)cc1OC. The average Bonchev–Trinajstić information content (AvgIpc) is 3.15. The molecule has 1 aliphatic rings. The second-order valence-corrected chi connectivity index (χ2v) is 7.22. The quantitative estimate of drug-likeness (QED) is 0.766. The summed E-state index contributed by atoms with van der Waals surface area (Å²) in [5.41, 5.74) is 3.38. The smallest absolute Gasteiger partial charge is 0.319 e. The first-order valence-electron chi connectivity index (χ1n) is 9.62. The molecule has 0 aliphatic carbocycles. The molecule has 0 aromatic heterocycles. The molecule has 0 spiro atoms. The third kappa shape index (κ3) is 5.16. The molecule has 28 heavy (non-hydrogen) atoms. The summed E-state index contributed by atoms with van der Waals surface area (Å²) in [5.74, 6) is 1.69. The molecular weight excluding hydrogens is 354 g/mol. The highest BCUT2D eigenvalue weighted by atomic mass is 16.5. The lowest BCUT2D eigenvalue weighted by atomic mass is 10.1. The van der Waals surface area contributed by atoms with Crippen LogP contribution in [0, 0.1) is 12.8 Å². The van der Waals surface area contributed by atoms with Crippen LogP contribution >= 0.6 is 0 Å². The number of urea groups is 1. The summed E-state index contributed by atoms with van der Waals surface area (Å²) in [6, 6.07) is 13.6. The summed E-state index contributed by atoms with van der Waals surface area (Å²) in [6.45, 7) is 5.87. The first kappa shape index (κ1) is 20.0. The lowest BCUT2D eigenvalue weighted by Crippen LogP contribution is -2.34. The van der Waals surface area contributed by atoms with Crippen LogP contribution in [0.15, 0.2) is 42.5 Å². The van der Waals surface area contributed by atoms with Crippen molar-refractivity contribution in [1.29, 1.82) is 0 Å². The van der Waals surface area contributed by atoms with Crippen LogP contribution < -0.4 is 20.1 Å². The normalized spacial score (nSPS) is 16.6. The highest BCUT2D eigenvalue weighted by molar-refractivity contribution is 5.89. The maximum absolute atomic E-state index is 12.2. The van der Waals surface area contributed by atoms with Crippen molar-refractivity contribution in [2.24, 2.45) is 5.92 Å². The van der Waals surface area contributed by atoms with E-state index in [1.54, 1.807) is 32.4 Å². The maximum Gasteiger partial charge on any atom is 0.319 e. The van der Waals surface area contributed by atoms with Crippen LogP contribution in [0.2, 0.25) is 0 Å². The van der Waals surface area contributed by atoms with Gasteiger partial charge >= 0.3 is 6.03 Å². The number of hydrogen-bond donors (Lipinski definition) is 2. The van der Waals surface area contributed by atoms with Gasteiger partial charge in [-0.2, -0.15) is 0 Å². The topological polar surface area (TPSA) is 62.8 Å². The molecule has 1 aliphatic heterocycles. The molecule has 2 aromatic carbocycles. The Morgan fingerprint density at radius 3 is 2.68 bits per heavy atom. The van der Waals surface area contributed by atoms with E-state index in [2.05, 4.69) is 46.7 Å². The Morgan fingerprint density at radius 1 is 1.14 bits per heavy atom. The number of aryl methyl sites for hydroxylation is 1. The largest absolute Gasteiger partial charge is 0.493 e. The van der Waals surface area contributed by atoms with Crippen molar-refractivity contribution < 1.29 is 14.3 Å². The lowest BCUT2D eigenvalue weighted by Gasteiger charge is -2.18. The zero-order valence-corrected chi connectivity index (χ0v) is 16.8. The van der Waals surface area contributed by atoms with Crippen LogP contribution in [0.5, 0.6) is 11.5 Å². The molecule has 1 saturated heterocycles. The zero-order valence-electron chi connectivity index (χ0n) is 16.8. The van der Waals surface area contributed by atoms with Gasteiger partial charge in [0.1, 0.15) is 0 Å². The van der Waals surface area contributed by atoms with Gasteiger partial charge in [-0.1, -0.05) is 24.3 Å². The Morgan fingerprint density at radius 2 is 1.93 bits per heavy atom. The van der Waals surface area contributed by atoms with E-state index in [1.165, 1.54) is 11.1 Å². The number of methoxy groups -OCH3 is 2. The standard InChI is InChI=1S/C22H29N3O3/c1-16-6-4-5-7-18(16)15-25-11-10-17(14-25)13-23-22(26)24-19-8-9-20(27-2)21(12-19)28-3/h4-9,12,17H,10-11,13-15H2,1-3H3,(H2,23,24,26)/t17-/m1/s1. The summed E-state index contributed by atoms with van der Waals surface area (Å²) in [7, 11) is 3.16. The van der Waals surface area contributed by atoms with E-state index in [-0.39, 0.29) is 6.03 Å². The number of anilines is 1. The molecule has 150 valence electrons. The van der Waals surface area contributed by atoms with Gasteiger partial charge in [0.25, 0.3) is 0 Å². The number of nitrogens with one attached hydrogen (secondary N) is 2. The summed E-state index contributed by atoms with van der Waals surface area (Å²) >= 11 is 0. The fourth-order valence-electron chi connectivity index (χ4n) is 3.58. The lowest BCUT2D eigenvalue weighted by molar-refractivity contribution is 0.249. The zero-order chi connectivity index (χ0) is 19.9. The van der Waals surface area contributed by atoms with Gasteiger partial charge in [0.05, 0.1) is 14.2 Å². The average molecular weight is 383 g/mol. The van der Waals surface area contributed by atoms with Crippen LogP contribution in [0.3, 0.4) is 0 Å². The molecule has 1 heterocycles. The Kier molecular flexibility index (Phi) is 6.76. The minimum absolute atomic E-state index is 0.204. The molecule has 1 atom stereocenters. The second-order valence-electron chi connectivity index (χ2n) is 7.22. The van der Waals surface area contributed by atoms with Crippen LogP contribution in [-0.2, 0) is 6.54 Å². The van der Waals surface area contributed by atoms with Crippen molar-refractivity contribution in [2.75, 3.05) is 39.2 Å². The van der Waals surface area contributed by atoms with Gasteiger partial charge in [0.15, 0.2) is 11.5 Å². The van der Waals surface area contributed by atoms with E-state index in [1.807, 2.05) is 0 Å².